The summed E-state index contributed by atoms with van der Waals surface area (Å²) < 4.78 is 38.8. The summed E-state index contributed by atoms with van der Waals surface area (Å²) in [6.45, 7) is 3.19. The third-order valence-corrected chi connectivity index (χ3v) is 8.45. The van der Waals surface area contributed by atoms with Crippen LogP contribution in [-0.4, -0.2) is 50.8 Å². The molecule has 0 saturated heterocycles. The molecule has 1 N–H and O–H groups in total. The topological polar surface area (TPSA) is 140 Å². The third-order valence-electron chi connectivity index (χ3n) is 8.04. The Balaban J connectivity index is 0.000000182. The number of benzene rings is 3. The number of nitrogens with zero attached hydrogens (tertiary/aromatic N) is 8. The number of halogens is 4. The second kappa shape index (κ2) is 22.6. The molecule has 5 heterocycles. The van der Waals surface area contributed by atoms with E-state index in [9.17, 15) is 23.1 Å². The molecule has 0 bridgehead atoms. The van der Waals surface area contributed by atoms with Crippen LogP contribution in [0.2, 0.25) is 0 Å². The van der Waals surface area contributed by atoms with Crippen molar-refractivity contribution in [1.82, 2.24) is 39.9 Å². The molecule has 0 radical (unpaired) electrons. The van der Waals surface area contributed by atoms with Gasteiger partial charge in [-0.05, 0) is 132 Å². The van der Waals surface area contributed by atoms with Gasteiger partial charge < -0.3 is 10.1 Å². The van der Waals surface area contributed by atoms with Crippen molar-refractivity contribution < 1.29 is 41.9 Å². The molecular weight excluding hydrogens is 816 g/mol. The molecule has 290 valence electrons. The maximum Gasteiger partial charge on any atom is 1.00 e. The fourth-order valence-corrected chi connectivity index (χ4v) is 5.08. The second-order valence-corrected chi connectivity index (χ2v) is 13.0. The Kier molecular flexibility index (Phi) is 17.4. The van der Waals surface area contributed by atoms with Crippen molar-refractivity contribution in [2.45, 2.75) is 19.4 Å². The minimum Gasteiger partial charge on any atom is -0.455 e. The summed E-state index contributed by atoms with van der Waals surface area (Å²) in [6.07, 6.45) is 18.4. The van der Waals surface area contributed by atoms with Gasteiger partial charge in [-0.1, -0.05) is 12.1 Å². The van der Waals surface area contributed by atoms with Gasteiger partial charge in [0.1, 0.15) is 27.7 Å². The van der Waals surface area contributed by atoms with E-state index >= 15 is 0 Å². The van der Waals surface area contributed by atoms with Crippen molar-refractivity contribution in [1.29, 1.82) is 0 Å². The first-order chi connectivity index (χ1) is 28.0. The number of aromatic nitrogens is 8. The van der Waals surface area contributed by atoms with E-state index in [0.717, 1.165) is 28.1 Å². The molecule has 1 atom stereocenters. The summed E-state index contributed by atoms with van der Waals surface area (Å²) in [5.41, 5.74) is 5.12. The van der Waals surface area contributed by atoms with E-state index in [4.69, 9.17) is 0 Å². The predicted molar refractivity (Wildman–Crippen MR) is 216 cm³/mol. The number of pyridine rings is 2. The maximum absolute atomic E-state index is 12.9. The Morgan fingerprint density at radius 1 is 0.593 bits per heavy atom. The number of hydrogen-bond donors (Lipinski definition) is 1. The van der Waals surface area contributed by atoms with Gasteiger partial charge in [0.15, 0.2) is 5.78 Å². The SMILES string of the molecule is CC(=O)c1ccncc1.CC(O)(c1ccncc1)c1cnc(-c2ccc(F)cc2)cn1.Fc1ccc(-c2cn[c-]cn2)cc1.Fc1ccc(-c2cnc(Br)cn2)cc1.[Li+]. The minimum absolute atomic E-state index is 0. The summed E-state index contributed by atoms with van der Waals surface area (Å²) in [4.78, 5) is 43.0. The van der Waals surface area contributed by atoms with Crippen molar-refractivity contribution in [2.75, 3.05) is 0 Å². The van der Waals surface area contributed by atoms with Gasteiger partial charge in [-0.2, -0.15) is 0 Å². The molecule has 0 aliphatic rings. The number of Topliss-reactive ketones (excluding diaryl/α,β-unsaturated/α-hetero) is 1. The first-order valence-corrected chi connectivity index (χ1v) is 18.1. The standard InChI is InChI=1S/C17H14FN3O.C10H6BrFN2.C10H6FN2.C7H7NO.Li/c1-17(22,13-6-8-19-9-7-13)16-11-20-15(10-21-16)12-2-4-14(18)5-3-12;11-10-6-13-9(5-14-10)7-1-3-8(12)4-2-7;11-9-3-1-8(2-4-9)10-7-12-5-6-13-10;1-6(9)7-2-4-8-5-3-7;/h2-11,22H,1H3;1-6H;1-4,6-7H;2-5H,1H3;/q;;-1;;+1. The smallest absolute Gasteiger partial charge is 0.455 e. The van der Waals surface area contributed by atoms with Crippen molar-refractivity contribution in [3.8, 4) is 33.8 Å². The van der Waals surface area contributed by atoms with Crippen LogP contribution in [-0.2, 0) is 5.60 Å². The number of carbonyl (C=O) groups is 1. The van der Waals surface area contributed by atoms with Crippen LogP contribution in [0.5, 0.6) is 0 Å². The van der Waals surface area contributed by atoms with Crippen LogP contribution in [0.3, 0.4) is 0 Å². The molecule has 0 aliphatic heterocycles. The Hall–Kier alpha value is -6.30. The third kappa shape index (κ3) is 13.9. The molecule has 0 fully saturated rings. The molecule has 8 aromatic rings. The quantitative estimate of drug-likeness (QED) is 0.114. The Morgan fingerprint density at radius 2 is 1.03 bits per heavy atom. The Morgan fingerprint density at radius 3 is 1.41 bits per heavy atom. The van der Waals surface area contributed by atoms with Gasteiger partial charge in [0, 0.05) is 47.2 Å². The predicted octanol–water partition coefficient (Wildman–Crippen LogP) is 6.35. The molecule has 0 saturated carbocycles. The van der Waals surface area contributed by atoms with Gasteiger partial charge in [0.2, 0.25) is 0 Å². The molecule has 0 amide bonds. The average Bonchev–Trinajstić information content (AvgIpc) is 3.26. The second-order valence-electron chi connectivity index (χ2n) is 12.2. The number of rotatable bonds is 6. The number of hydrogen-bond acceptors (Lipinski definition) is 10. The zero-order chi connectivity index (χ0) is 41.3. The van der Waals surface area contributed by atoms with Crippen LogP contribution in [0.25, 0.3) is 33.8 Å². The summed E-state index contributed by atoms with van der Waals surface area (Å²) in [5, 5.41) is 10.7. The molecule has 59 heavy (non-hydrogen) atoms. The number of ketones is 1. The van der Waals surface area contributed by atoms with Crippen molar-refractivity contribution in [3.05, 3.63) is 204 Å². The van der Waals surface area contributed by atoms with E-state index in [1.807, 2.05) is 0 Å². The van der Waals surface area contributed by atoms with Crippen LogP contribution in [0.15, 0.2) is 164 Å². The molecule has 15 heteroatoms. The summed E-state index contributed by atoms with van der Waals surface area (Å²) in [6, 6.07) is 25.2. The van der Waals surface area contributed by atoms with E-state index in [1.54, 1.807) is 117 Å². The molecule has 0 aliphatic carbocycles. The van der Waals surface area contributed by atoms with Gasteiger partial charge in [-0.3, -0.25) is 34.7 Å². The number of aliphatic hydroxyl groups is 1. The molecule has 1 unspecified atom stereocenters. The van der Waals surface area contributed by atoms with Gasteiger partial charge in [-0.15, -0.1) is 12.4 Å². The molecule has 0 spiro atoms. The van der Waals surface area contributed by atoms with Crippen LogP contribution in [0, 0.1) is 23.6 Å². The van der Waals surface area contributed by atoms with Crippen LogP contribution in [0.1, 0.15) is 35.5 Å². The van der Waals surface area contributed by atoms with E-state index in [2.05, 4.69) is 62.0 Å². The zero-order valence-corrected chi connectivity index (χ0v) is 33.5. The fourth-order valence-electron chi connectivity index (χ4n) is 4.88. The first kappa shape index (κ1) is 45.4. The summed E-state index contributed by atoms with van der Waals surface area (Å²) in [5.74, 6) is -0.718. The van der Waals surface area contributed by atoms with Crippen molar-refractivity contribution in [3.63, 3.8) is 0 Å². The molecule has 10 nitrogen and oxygen atoms in total. The normalized spacial score (nSPS) is 11.0. The van der Waals surface area contributed by atoms with Crippen LogP contribution < -0.4 is 18.9 Å². The van der Waals surface area contributed by atoms with Crippen molar-refractivity contribution in [2.24, 2.45) is 0 Å². The van der Waals surface area contributed by atoms with Crippen LogP contribution >= 0.6 is 15.9 Å². The maximum atomic E-state index is 12.9. The average molecular weight is 850 g/mol. The molecular formula is C44H33BrF3LiN8O2. The van der Waals surface area contributed by atoms with E-state index in [1.165, 1.54) is 55.7 Å². The molecule has 3 aromatic carbocycles. The first-order valence-electron chi connectivity index (χ1n) is 17.3. The summed E-state index contributed by atoms with van der Waals surface area (Å²) >= 11 is 3.20. The van der Waals surface area contributed by atoms with Gasteiger partial charge in [-0.25, -0.2) is 18.2 Å². The molecule has 8 rings (SSSR count). The van der Waals surface area contributed by atoms with Gasteiger partial charge >= 0.3 is 18.9 Å². The fraction of sp³-hybridized carbons (Fsp3) is 0.0682. The minimum atomic E-state index is -1.25. The van der Waals surface area contributed by atoms with E-state index in [-0.39, 0.29) is 42.1 Å². The zero-order valence-electron chi connectivity index (χ0n) is 32.0. The Bertz CT molecular complexity index is 2420. The monoisotopic (exact) mass is 848 g/mol. The summed E-state index contributed by atoms with van der Waals surface area (Å²) in [7, 11) is 0. The molecule has 5 aromatic heterocycles. The van der Waals surface area contributed by atoms with Crippen molar-refractivity contribution >= 4 is 21.7 Å². The number of carbonyl (C=O) groups excluding carboxylic acids is 1. The van der Waals surface area contributed by atoms with Crippen LogP contribution in [0.4, 0.5) is 13.2 Å². The van der Waals surface area contributed by atoms with Gasteiger partial charge in [0.25, 0.3) is 0 Å². The van der Waals surface area contributed by atoms with Gasteiger partial charge in [0.05, 0.1) is 41.9 Å². The largest absolute Gasteiger partial charge is 1.00 e. The van der Waals surface area contributed by atoms with E-state index in [0.29, 0.717) is 27.1 Å². The van der Waals surface area contributed by atoms with E-state index < -0.39 is 5.60 Å². The Labute approximate surface area is 359 Å².